The fourth-order valence-corrected chi connectivity index (χ4v) is 2.49. The molecule has 2 aromatic rings. The van der Waals surface area contributed by atoms with E-state index in [0.29, 0.717) is 0 Å². The van der Waals surface area contributed by atoms with Gasteiger partial charge in [0.15, 0.2) is 0 Å². The second kappa shape index (κ2) is 4.78. The largest absolute Gasteiger partial charge is 0.318 e. The molecule has 1 unspecified atom stereocenters. The summed E-state index contributed by atoms with van der Waals surface area (Å²) >= 11 is 0. The van der Waals surface area contributed by atoms with Gasteiger partial charge in [0.1, 0.15) is 5.82 Å². The van der Waals surface area contributed by atoms with E-state index < -0.39 is 5.54 Å². The molecule has 0 aliphatic rings. The molecule has 0 bridgehead atoms. The molecule has 2 aromatic carbocycles. The predicted octanol–water partition coefficient (Wildman–Crippen LogP) is 3.97. The molecule has 0 amide bonds. The van der Waals surface area contributed by atoms with Crippen LogP contribution in [0.4, 0.5) is 4.39 Å². The molecular formula is C17H20FN. The van der Waals surface area contributed by atoms with E-state index in [1.807, 2.05) is 19.9 Å². The highest BCUT2D eigenvalue weighted by atomic mass is 19.1. The average molecular weight is 257 g/mol. The average Bonchev–Trinajstić information content (AvgIpc) is 2.33. The molecule has 0 aromatic heterocycles. The van der Waals surface area contributed by atoms with Gasteiger partial charge in [-0.1, -0.05) is 24.3 Å². The maximum Gasteiger partial charge on any atom is 0.123 e. The normalized spacial score (nSPS) is 14.2. The summed E-state index contributed by atoms with van der Waals surface area (Å²) in [6, 6.07) is 10.8. The first-order valence-electron chi connectivity index (χ1n) is 6.45. The summed E-state index contributed by atoms with van der Waals surface area (Å²) in [5.74, 6) is -0.254. The number of aryl methyl sites for hydroxylation is 3. The molecule has 1 nitrogen and oxygen atoms in total. The molecule has 0 heterocycles. The Morgan fingerprint density at radius 3 is 2.21 bits per heavy atom. The Hall–Kier alpha value is -1.67. The van der Waals surface area contributed by atoms with Crippen molar-refractivity contribution in [3.63, 3.8) is 0 Å². The zero-order valence-corrected chi connectivity index (χ0v) is 11.9. The minimum absolute atomic E-state index is 0.254. The van der Waals surface area contributed by atoms with E-state index >= 15 is 0 Å². The lowest BCUT2D eigenvalue weighted by Crippen LogP contribution is -2.35. The third-order valence-electron chi connectivity index (χ3n) is 3.82. The van der Waals surface area contributed by atoms with Crippen molar-refractivity contribution in [1.82, 2.24) is 0 Å². The molecule has 1 atom stereocenters. The van der Waals surface area contributed by atoms with E-state index in [1.54, 1.807) is 6.07 Å². The predicted molar refractivity (Wildman–Crippen MR) is 77.7 cm³/mol. The molecular weight excluding hydrogens is 237 g/mol. The van der Waals surface area contributed by atoms with E-state index in [4.69, 9.17) is 5.73 Å². The van der Waals surface area contributed by atoms with Crippen LogP contribution in [0.5, 0.6) is 0 Å². The molecule has 100 valence electrons. The van der Waals surface area contributed by atoms with Gasteiger partial charge in [0, 0.05) is 0 Å². The Bertz CT molecular complexity index is 615. The number of nitrogens with two attached hydrogens (primary N) is 1. The van der Waals surface area contributed by atoms with Crippen LogP contribution in [-0.4, -0.2) is 0 Å². The van der Waals surface area contributed by atoms with Gasteiger partial charge in [-0.3, -0.25) is 0 Å². The molecule has 0 saturated heterocycles. The summed E-state index contributed by atoms with van der Waals surface area (Å²) in [7, 11) is 0. The van der Waals surface area contributed by atoms with Gasteiger partial charge in [0.25, 0.3) is 0 Å². The highest BCUT2D eigenvalue weighted by molar-refractivity contribution is 5.45. The SMILES string of the molecule is Cc1cc(C)c(C(C)(N)c2cccc(F)c2)cc1C. The van der Waals surface area contributed by atoms with E-state index in [1.165, 1.54) is 23.3 Å². The van der Waals surface area contributed by atoms with Crippen LogP contribution in [0.15, 0.2) is 36.4 Å². The number of halogens is 1. The van der Waals surface area contributed by atoms with Crippen LogP contribution in [0.2, 0.25) is 0 Å². The summed E-state index contributed by atoms with van der Waals surface area (Å²) < 4.78 is 13.4. The van der Waals surface area contributed by atoms with Crippen LogP contribution in [0.3, 0.4) is 0 Å². The first-order valence-corrected chi connectivity index (χ1v) is 6.45. The third kappa shape index (κ3) is 2.54. The summed E-state index contributed by atoms with van der Waals surface area (Å²) in [5, 5.41) is 0. The summed E-state index contributed by atoms with van der Waals surface area (Å²) in [5.41, 5.74) is 11.2. The molecule has 0 saturated carbocycles. The lowest BCUT2D eigenvalue weighted by molar-refractivity contribution is 0.578. The fourth-order valence-electron chi connectivity index (χ4n) is 2.49. The smallest absolute Gasteiger partial charge is 0.123 e. The molecule has 19 heavy (non-hydrogen) atoms. The number of hydrogen-bond acceptors (Lipinski definition) is 1. The van der Waals surface area contributed by atoms with Gasteiger partial charge >= 0.3 is 0 Å². The van der Waals surface area contributed by atoms with Crippen LogP contribution < -0.4 is 5.73 Å². The maximum absolute atomic E-state index is 13.4. The second-order valence-electron chi connectivity index (χ2n) is 5.46. The number of benzene rings is 2. The van der Waals surface area contributed by atoms with E-state index in [9.17, 15) is 4.39 Å². The minimum Gasteiger partial charge on any atom is -0.318 e. The Morgan fingerprint density at radius 1 is 0.947 bits per heavy atom. The summed E-state index contributed by atoms with van der Waals surface area (Å²) in [6.45, 7) is 8.13. The lowest BCUT2D eigenvalue weighted by Gasteiger charge is -2.28. The molecule has 0 aliphatic carbocycles. The third-order valence-corrected chi connectivity index (χ3v) is 3.82. The van der Waals surface area contributed by atoms with Crippen molar-refractivity contribution < 1.29 is 4.39 Å². The summed E-state index contributed by atoms with van der Waals surface area (Å²) in [6.07, 6.45) is 0. The van der Waals surface area contributed by atoms with Crippen molar-refractivity contribution in [3.05, 3.63) is 70.0 Å². The molecule has 0 aliphatic heterocycles. The first-order chi connectivity index (χ1) is 8.82. The van der Waals surface area contributed by atoms with E-state index in [0.717, 1.165) is 16.7 Å². The highest BCUT2D eigenvalue weighted by Crippen LogP contribution is 2.31. The van der Waals surface area contributed by atoms with Crippen molar-refractivity contribution >= 4 is 0 Å². The fraction of sp³-hybridized carbons (Fsp3) is 0.294. The minimum atomic E-state index is -0.690. The Balaban J connectivity index is 2.59. The van der Waals surface area contributed by atoms with Crippen molar-refractivity contribution in [2.75, 3.05) is 0 Å². The van der Waals surface area contributed by atoms with Gasteiger partial charge in [-0.2, -0.15) is 0 Å². The highest BCUT2D eigenvalue weighted by Gasteiger charge is 2.26. The van der Waals surface area contributed by atoms with Gasteiger partial charge < -0.3 is 5.73 Å². The van der Waals surface area contributed by atoms with Crippen LogP contribution in [0.25, 0.3) is 0 Å². The van der Waals surface area contributed by atoms with Crippen LogP contribution >= 0.6 is 0 Å². The standard InChI is InChI=1S/C17H20FN/c1-11-8-13(3)16(9-12(11)2)17(4,19)14-6-5-7-15(18)10-14/h5-10H,19H2,1-4H3. The summed E-state index contributed by atoms with van der Waals surface area (Å²) in [4.78, 5) is 0. The zero-order chi connectivity index (χ0) is 14.2. The van der Waals surface area contributed by atoms with E-state index in [2.05, 4.69) is 26.0 Å². The Morgan fingerprint density at radius 2 is 1.58 bits per heavy atom. The van der Waals surface area contributed by atoms with Gasteiger partial charge in [0.2, 0.25) is 0 Å². The number of rotatable bonds is 2. The first kappa shape index (κ1) is 13.8. The van der Waals surface area contributed by atoms with E-state index in [-0.39, 0.29) is 5.82 Å². The molecule has 2 rings (SSSR count). The molecule has 0 spiro atoms. The zero-order valence-electron chi connectivity index (χ0n) is 11.9. The molecule has 0 fully saturated rings. The van der Waals surface area contributed by atoms with Crippen LogP contribution in [0.1, 0.15) is 34.7 Å². The monoisotopic (exact) mass is 257 g/mol. The number of hydrogen-bond donors (Lipinski definition) is 1. The maximum atomic E-state index is 13.4. The quantitative estimate of drug-likeness (QED) is 0.865. The van der Waals surface area contributed by atoms with Gasteiger partial charge in [-0.15, -0.1) is 0 Å². The van der Waals surface area contributed by atoms with Gasteiger partial charge in [0.05, 0.1) is 5.54 Å². The Kier molecular flexibility index (Phi) is 3.46. The van der Waals surface area contributed by atoms with Crippen molar-refractivity contribution in [1.29, 1.82) is 0 Å². The van der Waals surface area contributed by atoms with Crippen molar-refractivity contribution in [2.45, 2.75) is 33.2 Å². The van der Waals surface area contributed by atoms with Crippen LogP contribution in [-0.2, 0) is 5.54 Å². The van der Waals surface area contributed by atoms with Gasteiger partial charge in [-0.05, 0) is 67.6 Å². The molecule has 0 radical (unpaired) electrons. The van der Waals surface area contributed by atoms with Crippen molar-refractivity contribution in [2.24, 2.45) is 5.73 Å². The van der Waals surface area contributed by atoms with Gasteiger partial charge in [-0.25, -0.2) is 4.39 Å². The van der Waals surface area contributed by atoms with Crippen molar-refractivity contribution in [3.8, 4) is 0 Å². The Labute approximate surface area is 114 Å². The topological polar surface area (TPSA) is 26.0 Å². The second-order valence-corrected chi connectivity index (χ2v) is 5.46. The van der Waals surface area contributed by atoms with Crippen LogP contribution in [0, 0.1) is 26.6 Å². The molecule has 2 N–H and O–H groups in total. The molecule has 2 heteroatoms. The lowest BCUT2D eigenvalue weighted by atomic mass is 9.82.